The topological polar surface area (TPSA) is 12.0 Å². The van der Waals surface area contributed by atoms with Crippen LogP contribution < -0.4 is 5.32 Å². The van der Waals surface area contributed by atoms with Gasteiger partial charge < -0.3 is 5.32 Å². The van der Waals surface area contributed by atoms with E-state index in [9.17, 15) is 0 Å². The Bertz CT molecular complexity index is 168. The molecular formula is C15H31NS. The lowest BCUT2D eigenvalue weighted by atomic mass is 10.1. The van der Waals surface area contributed by atoms with E-state index in [2.05, 4.69) is 12.2 Å². The van der Waals surface area contributed by atoms with Crippen LogP contribution in [0.1, 0.15) is 84.0 Å². The maximum Gasteiger partial charge on any atom is 0.0750 e. The van der Waals surface area contributed by atoms with Gasteiger partial charge in [-0.15, -0.1) is 0 Å². The third-order valence-electron chi connectivity index (χ3n) is 3.29. The van der Waals surface area contributed by atoms with Crippen LogP contribution in [0.25, 0.3) is 0 Å². The lowest BCUT2D eigenvalue weighted by Crippen LogP contribution is -2.14. The largest absolute Gasteiger partial charge is 0.383 e. The fourth-order valence-corrected chi connectivity index (χ4v) is 2.22. The molecule has 17 heavy (non-hydrogen) atoms. The molecule has 0 amide bonds. The molecule has 0 aromatic carbocycles. The average Bonchev–Trinajstić information content (AvgIpc) is 2.35. The van der Waals surface area contributed by atoms with Crippen molar-refractivity contribution in [2.75, 3.05) is 7.05 Å². The standard InChI is InChI=1S/C15H31NS/c1-3-4-5-6-7-8-9-10-11-12-13-14-15(17)16-2/h3-14H2,1-2H3,(H,16,17). The highest BCUT2D eigenvalue weighted by Gasteiger charge is 1.95. The van der Waals surface area contributed by atoms with E-state index in [0.29, 0.717) is 0 Å². The van der Waals surface area contributed by atoms with E-state index in [4.69, 9.17) is 12.2 Å². The lowest BCUT2D eigenvalue weighted by Gasteiger charge is -2.03. The van der Waals surface area contributed by atoms with Crippen LogP contribution in [0.15, 0.2) is 0 Å². The summed E-state index contributed by atoms with van der Waals surface area (Å²) >= 11 is 5.11. The van der Waals surface area contributed by atoms with Crippen LogP contribution in [0.5, 0.6) is 0 Å². The predicted molar refractivity (Wildman–Crippen MR) is 82.7 cm³/mol. The van der Waals surface area contributed by atoms with E-state index >= 15 is 0 Å². The van der Waals surface area contributed by atoms with Crippen LogP contribution >= 0.6 is 12.2 Å². The summed E-state index contributed by atoms with van der Waals surface area (Å²) in [5, 5.41) is 3.03. The van der Waals surface area contributed by atoms with Crippen LogP contribution in [0.3, 0.4) is 0 Å². The first-order valence-corrected chi connectivity index (χ1v) is 7.92. The molecule has 0 saturated heterocycles. The van der Waals surface area contributed by atoms with Gasteiger partial charge in [0.15, 0.2) is 0 Å². The highest BCUT2D eigenvalue weighted by atomic mass is 32.1. The quantitative estimate of drug-likeness (QED) is 0.379. The molecule has 0 heterocycles. The summed E-state index contributed by atoms with van der Waals surface area (Å²) in [6.07, 6.45) is 16.5. The Balaban J connectivity index is 2.96. The zero-order valence-corrected chi connectivity index (χ0v) is 12.7. The van der Waals surface area contributed by atoms with Crippen molar-refractivity contribution < 1.29 is 0 Å². The monoisotopic (exact) mass is 257 g/mol. The number of hydrogen-bond donors (Lipinski definition) is 1. The normalized spacial score (nSPS) is 10.5. The van der Waals surface area contributed by atoms with Crippen molar-refractivity contribution in [1.29, 1.82) is 0 Å². The number of hydrogen-bond acceptors (Lipinski definition) is 1. The van der Waals surface area contributed by atoms with Crippen molar-refractivity contribution in [3.63, 3.8) is 0 Å². The molecule has 0 atom stereocenters. The van der Waals surface area contributed by atoms with Crippen molar-refractivity contribution in [2.45, 2.75) is 84.0 Å². The maximum absolute atomic E-state index is 5.11. The Morgan fingerprint density at radius 2 is 1.18 bits per heavy atom. The van der Waals surface area contributed by atoms with Gasteiger partial charge in [-0.25, -0.2) is 0 Å². The maximum atomic E-state index is 5.11. The Hall–Kier alpha value is -0.110. The van der Waals surface area contributed by atoms with Crippen molar-refractivity contribution in [2.24, 2.45) is 0 Å². The smallest absolute Gasteiger partial charge is 0.0750 e. The zero-order valence-electron chi connectivity index (χ0n) is 11.9. The molecule has 0 aromatic heterocycles. The van der Waals surface area contributed by atoms with Crippen molar-refractivity contribution >= 4 is 17.2 Å². The molecule has 0 aliphatic heterocycles. The van der Waals surface area contributed by atoms with E-state index in [0.717, 1.165) is 11.4 Å². The summed E-state index contributed by atoms with van der Waals surface area (Å²) in [6, 6.07) is 0. The summed E-state index contributed by atoms with van der Waals surface area (Å²) in [5.74, 6) is 0. The predicted octanol–water partition coefficient (Wildman–Crippen LogP) is 5.23. The van der Waals surface area contributed by atoms with Gasteiger partial charge in [0.2, 0.25) is 0 Å². The molecule has 0 saturated carbocycles. The summed E-state index contributed by atoms with van der Waals surface area (Å²) in [6.45, 7) is 2.28. The number of unbranched alkanes of at least 4 members (excludes halogenated alkanes) is 10. The molecule has 0 aromatic rings. The Kier molecular flexibility index (Phi) is 13.9. The minimum atomic E-state index is 1.01. The Labute approximate surface area is 114 Å². The molecule has 0 aliphatic rings. The van der Waals surface area contributed by atoms with Gasteiger partial charge in [0.25, 0.3) is 0 Å². The van der Waals surface area contributed by atoms with E-state index < -0.39 is 0 Å². The van der Waals surface area contributed by atoms with Crippen LogP contribution in [0.2, 0.25) is 0 Å². The molecule has 0 spiro atoms. The van der Waals surface area contributed by atoms with Crippen LogP contribution in [-0.4, -0.2) is 12.0 Å². The molecule has 0 radical (unpaired) electrons. The molecular weight excluding hydrogens is 226 g/mol. The van der Waals surface area contributed by atoms with Crippen molar-refractivity contribution in [1.82, 2.24) is 5.32 Å². The van der Waals surface area contributed by atoms with Crippen LogP contribution in [-0.2, 0) is 0 Å². The third-order valence-corrected chi connectivity index (χ3v) is 3.69. The second kappa shape index (κ2) is 14.0. The lowest BCUT2D eigenvalue weighted by molar-refractivity contribution is 0.551. The minimum absolute atomic E-state index is 1.01. The van der Waals surface area contributed by atoms with Gasteiger partial charge in [0.1, 0.15) is 0 Å². The minimum Gasteiger partial charge on any atom is -0.383 e. The van der Waals surface area contributed by atoms with Gasteiger partial charge in [-0.05, 0) is 12.8 Å². The van der Waals surface area contributed by atoms with Gasteiger partial charge in [-0.3, -0.25) is 0 Å². The van der Waals surface area contributed by atoms with Gasteiger partial charge >= 0.3 is 0 Å². The van der Waals surface area contributed by atoms with Gasteiger partial charge in [0.05, 0.1) is 4.99 Å². The summed E-state index contributed by atoms with van der Waals surface area (Å²) in [5.41, 5.74) is 0. The second-order valence-electron chi connectivity index (χ2n) is 4.96. The van der Waals surface area contributed by atoms with Gasteiger partial charge in [-0.2, -0.15) is 0 Å². The fourth-order valence-electron chi connectivity index (χ4n) is 2.07. The van der Waals surface area contributed by atoms with Crippen molar-refractivity contribution in [3.05, 3.63) is 0 Å². The van der Waals surface area contributed by atoms with E-state index in [1.165, 1.54) is 70.6 Å². The van der Waals surface area contributed by atoms with Crippen LogP contribution in [0.4, 0.5) is 0 Å². The molecule has 102 valence electrons. The first-order chi connectivity index (χ1) is 8.31. The van der Waals surface area contributed by atoms with Gasteiger partial charge in [-0.1, -0.05) is 83.3 Å². The van der Waals surface area contributed by atoms with Crippen LogP contribution in [0, 0.1) is 0 Å². The molecule has 0 unspecified atom stereocenters. The fraction of sp³-hybridized carbons (Fsp3) is 0.933. The number of nitrogens with one attached hydrogen (secondary N) is 1. The average molecular weight is 257 g/mol. The molecule has 1 N–H and O–H groups in total. The SMILES string of the molecule is CCCCCCCCCCCCCC(=S)NC. The highest BCUT2D eigenvalue weighted by molar-refractivity contribution is 7.80. The molecule has 1 nitrogen and oxygen atoms in total. The first-order valence-electron chi connectivity index (χ1n) is 7.51. The molecule has 0 bridgehead atoms. The molecule has 0 rings (SSSR count). The second-order valence-corrected chi connectivity index (χ2v) is 5.45. The summed E-state index contributed by atoms with van der Waals surface area (Å²) in [4.78, 5) is 1.01. The molecule has 0 aliphatic carbocycles. The summed E-state index contributed by atoms with van der Waals surface area (Å²) in [7, 11) is 1.92. The van der Waals surface area contributed by atoms with E-state index in [-0.39, 0.29) is 0 Å². The molecule has 0 fully saturated rings. The Morgan fingerprint density at radius 3 is 1.59 bits per heavy atom. The molecule has 2 heteroatoms. The third kappa shape index (κ3) is 13.8. The van der Waals surface area contributed by atoms with E-state index in [1.807, 2.05) is 7.05 Å². The summed E-state index contributed by atoms with van der Waals surface area (Å²) < 4.78 is 0. The zero-order chi connectivity index (χ0) is 12.8. The van der Waals surface area contributed by atoms with Crippen molar-refractivity contribution in [3.8, 4) is 0 Å². The number of rotatable bonds is 12. The Morgan fingerprint density at radius 1 is 0.765 bits per heavy atom. The van der Waals surface area contributed by atoms with E-state index in [1.54, 1.807) is 0 Å². The highest BCUT2D eigenvalue weighted by Crippen LogP contribution is 2.11. The number of thiocarbonyl (C=S) groups is 1. The first kappa shape index (κ1) is 16.9. The van der Waals surface area contributed by atoms with Gasteiger partial charge in [0, 0.05) is 7.05 Å².